The van der Waals surface area contributed by atoms with Crippen molar-refractivity contribution in [2.75, 3.05) is 0 Å². The molecule has 7 heteroatoms. The minimum absolute atomic E-state index is 0.0288. The van der Waals surface area contributed by atoms with Gasteiger partial charge >= 0.3 is 5.97 Å². The molecule has 0 aliphatic rings. The average Bonchev–Trinajstić information content (AvgIpc) is 3.22. The van der Waals surface area contributed by atoms with E-state index in [1.807, 2.05) is 53.1 Å². The van der Waals surface area contributed by atoms with Crippen LogP contribution in [0.2, 0.25) is 0 Å². The van der Waals surface area contributed by atoms with Crippen molar-refractivity contribution in [1.29, 1.82) is 0 Å². The van der Waals surface area contributed by atoms with E-state index in [9.17, 15) is 13.6 Å². The molecule has 0 radical (unpaired) electrons. The van der Waals surface area contributed by atoms with E-state index in [0.717, 1.165) is 21.1 Å². The van der Waals surface area contributed by atoms with Crippen LogP contribution in [0.3, 0.4) is 0 Å². The van der Waals surface area contributed by atoms with Gasteiger partial charge in [0.2, 0.25) is 0 Å². The molecular weight excluding hydrogens is 526 g/mol. The van der Waals surface area contributed by atoms with Gasteiger partial charge in [-0.3, -0.25) is 0 Å². The van der Waals surface area contributed by atoms with Crippen molar-refractivity contribution in [3.8, 4) is 5.75 Å². The summed E-state index contributed by atoms with van der Waals surface area (Å²) in [6.45, 7) is 0.465. The van der Waals surface area contributed by atoms with E-state index in [1.165, 1.54) is 42.5 Å². The Balaban J connectivity index is 1.65. The van der Waals surface area contributed by atoms with Gasteiger partial charge in [0.25, 0.3) is 0 Å². The van der Waals surface area contributed by atoms with Crippen molar-refractivity contribution in [2.24, 2.45) is 0 Å². The van der Waals surface area contributed by atoms with Gasteiger partial charge in [-0.1, -0.05) is 70.5 Å². The fraction of sp³-hybridized carbons (Fsp3) is 0.0345. The summed E-state index contributed by atoms with van der Waals surface area (Å²) < 4.78 is 37.3. The smallest absolute Gasteiger partial charge is 0.344 e. The van der Waals surface area contributed by atoms with Gasteiger partial charge in [-0.15, -0.1) is 0 Å². The predicted octanol–water partition coefficient (Wildman–Crippen LogP) is 7.27. The lowest BCUT2D eigenvalue weighted by Gasteiger charge is -2.12. The Kier molecular flexibility index (Phi) is 6.73. The Hall–Kier alpha value is -4.10. The minimum Gasteiger partial charge on any atom is -0.420 e. The molecule has 5 rings (SSSR count). The summed E-state index contributed by atoms with van der Waals surface area (Å²) in [5.41, 5.74) is 2.53. The first kappa shape index (κ1) is 23.6. The second-order valence-corrected chi connectivity index (χ2v) is 8.94. The number of para-hydroxylation sites is 3. The Morgan fingerprint density at radius 2 is 1.53 bits per heavy atom. The van der Waals surface area contributed by atoms with Crippen LogP contribution in [0.5, 0.6) is 5.75 Å². The maximum absolute atomic E-state index is 14.9. The number of hydrogen-bond acceptors (Lipinski definition) is 3. The van der Waals surface area contributed by atoms with Gasteiger partial charge in [0.05, 0.1) is 16.6 Å². The molecule has 5 aromatic rings. The van der Waals surface area contributed by atoms with Crippen LogP contribution >= 0.6 is 15.9 Å². The molecule has 0 aliphatic heterocycles. The van der Waals surface area contributed by atoms with Crippen LogP contribution in [0.1, 0.15) is 17.0 Å². The first-order chi connectivity index (χ1) is 17.5. The zero-order valence-electron chi connectivity index (χ0n) is 18.9. The zero-order valence-corrected chi connectivity index (χ0v) is 20.5. The van der Waals surface area contributed by atoms with Gasteiger partial charge in [0.15, 0.2) is 11.6 Å². The van der Waals surface area contributed by atoms with Crippen molar-refractivity contribution in [1.82, 2.24) is 9.55 Å². The summed E-state index contributed by atoms with van der Waals surface area (Å²) in [4.78, 5) is 18.0. The van der Waals surface area contributed by atoms with Crippen molar-refractivity contribution in [3.05, 3.63) is 130 Å². The molecule has 0 saturated carbocycles. The number of ether oxygens (including phenoxy) is 1. The summed E-state index contributed by atoms with van der Waals surface area (Å²) in [6.07, 6.45) is 1.49. The number of halogens is 3. The molecule has 0 fully saturated rings. The van der Waals surface area contributed by atoms with Crippen LogP contribution in [0.25, 0.3) is 22.7 Å². The summed E-state index contributed by atoms with van der Waals surface area (Å²) in [5.74, 6) is -2.01. The van der Waals surface area contributed by atoms with Gasteiger partial charge in [-0.2, -0.15) is 0 Å². The number of aromatic nitrogens is 2. The maximum atomic E-state index is 14.9. The minimum atomic E-state index is -0.896. The second-order valence-electron chi connectivity index (χ2n) is 8.03. The predicted molar refractivity (Wildman–Crippen MR) is 139 cm³/mol. The maximum Gasteiger partial charge on any atom is 0.344 e. The highest BCUT2D eigenvalue weighted by Crippen LogP contribution is 2.27. The summed E-state index contributed by atoms with van der Waals surface area (Å²) in [7, 11) is 0. The highest BCUT2D eigenvalue weighted by atomic mass is 79.9. The van der Waals surface area contributed by atoms with Gasteiger partial charge in [0, 0.05) is 16.6 Å². The standard InChI is InChI=1S/C29H19BrF2N2O2/c30-20-15-13-19(14-16-20)18-34-26-11-5-4-10-25(26)33-28(34)17-22(21-7-1-2-8-23(21)31)29(35)36-27-12-6-3-9-24(27)32/h1-17H,18H2. The SMILES string of the molecule is O=C(Oc1ccccc1F)C(=Cc1nc2ccccc2n1Cc1ccc(Br)cc1)c1ccccc1F. The van der Waals surface area contributed by atoms with E-state index in [2.05, 4.69) is 15.9 Å². The molecule has 0 amide bonds. The van der Waals surface area contributed by atoms with E-state index < -0.39 is 17.6 Å². The Bertz CT molecular complexity index is 1590. The Morgan fingerprint density at radius 3 is 2.28 bits per heavy atom. The number of benzene rings is 4. The van der Waals surface area contributed by atoms with Crippen LogP contribution in [0.15, 0.2) is 102 Å². The third-order valence-electron chi connectivity index (χ3n) is 5.63. The Labute approximate surface area is 214 Å². The van der Waals surface area contributed by atoms with Crippen LogP contribution in [-0.2, 0) is 11.3 Å². The zero-order chi connectivity index (χ0) is 25.1. The van der Waals surface area contributed by atoms with E-state index in [4.69, 9.17) is 9.72 Å². The third kappa shape index (κ3) is 4.97. The van der Waals surface area contributed by atoms with E-state index in [-0.39, 0.29) is 16.9 Å². The first-order valence-electron chi connectivity index (χ1n) is 11.1. The largest absolute Gasteiger partial charge is 0.420 e. The number of esters is 1. The van der Waals surface area contributed by atoms with E-state index in [0.29, 0.717) is 12.4 Å². The number of carbonyl (C=O) groups excluding carboxylic acids is 1. The number of rotatable bonds is 6. The molecule has 0 spiro atoms. The normalized spacial score (nSPS) is 11.6. The molecule has 4 aromatic carbocycles. The molecule has 0 bridgehead atoms. The van der Waals surface area contributed by atoms with Crippen LogP contribution in [0.4, 0.5) is 8.78 Å². The van der Waals surface area contributed by atoms with Crippen molar-refractivity contribution >= 4 is 44.6 Å². The molecule has 1 aromatic heterocycles. The fourth-order valence-corrected chi connectivity index (χ4v) is 4.14. The van der Waals surface area contributed by atoms with E-state index >= 15 is 0 Å². The molecule has 0 N–H and O–H groups in total. The lowest BCUT2D eigenvalue weighted by Crippen LogP contribution is -2.13. The number of carbonyl (C=O) groups is 1. The van der Waals surface area contributed by atoms with Crippen LogP contribution < -0.4 is 4.74 Å². The molecule has 0 unspecified atom stereocenters. The highest BCUT2D eigenvalue weighted by Gasteiger charge is 2.21. The monoisotopic (exact) mass is 544 g/mol. The van der Waals surface area contributed by atoms with Crippen molar-refractivity contribution in [3.63, 3.8) is 0 Å². The molecule has 4 nitrogen and oxygen atoms in total. The van der Waals surface area contributed by atoms with Gasteiger partial charge in [0.1, 0.15) is 11.6 Å². The van der Waals surface area contributed by atoms with Crippen molar-refractivity contribution < 1.29 is 18.3 Å². The van der Waals surface area contributed by atoms with E-state index in [1.54, 1.807) is 12.1 Å². The lowest BCUT2D eigenvalue weighted by atomic mass is 10.0. The quantitative estimate of drug-likeness (QED) is 0.128. The highest BCUT2D eigenvalue weighted by molar-refractivity contribution is 9.10. The lowest BCUT2D eigenvalue weighted by molar-refractivity contribution is -0.128. The number of imidazole rings is 1. The van der Waals surface area contributed by atoms with Crippen LogP contribution in [-0.4, -0.2) is 15.5 Å². The van der Waals surface area contributed by atoms with Crippen molar-refractivity contribution in [2.45, 2.75) is 6.54 Å². The molecule has 0 atom stereocenters. The topological polar surface area (TPSA) is 44.1 Å². The molecule has 1 heterocycles. The molecule has 36 heavy (non-hydrogen) atoms. The molecule has 0 aliphatic carbocycles. The second kappa shape index (κ2) is 10.3. The average molecular weight is 545 g/mol. The van der Waals surface area contributed by atoms with Crippen LogP contribution in [0, 0.1) is 11.6 Å². The molecular formula is C29H19BrF2N2O2. The first-order valence-corrected chi connectivity index (χ1v) is 11.9. The molecule has 0 saturated heterocycles. The third-order valence-corrected chi connectivity index (χ3v) is 6.16. The Morgan fingerprint density at radius 1 is 0.861 bits per heavy atom. The number of nitrogens with zero attached hydrogens (tertiary/aromatic N) is 2. The van der Waals surface area contributed by atoms with Gasteiger partial charge in [-0.25, -0.2) is 18.6 Å². The summed E-state index contributed by atoms with van der Waals surface area (Å²) >= 11 is 3.45. The molecule has 178 valence electrons. The fourth-order valence-electron chi connectivity index (χ4n) is 3.88. The van der Waals surface area contributed by atoms with Gasteiger partial charge < -0.3 is 9.30 Å². The summed E-state index contributed by atoms with van der Waals surface area (Å²) in [6, 6.07) is 26.9. The number of hydrogen-bond donors (Lipinski definition) is 0. The number of fused-ring (bicyclic) bond motifs is 1. The van der Waals surface area contributed by atoms with Gasteiger partial charge in [-0.05, 0) is 54.1 Å². The summed E-state index contributed by atoms with van der Waals surface area (Å²) in [5, 5.41) is 0.